The number of hydrazone groups is 1. The minimum Gasteiger partial charge on any atom is -0.489 e. The van der Waals surface area contributed by atoms with Crippen molar-refractivity contribution in [2.45, 2.75) is 33.3 Å². The normalized spacial score (nSPS) is 12.0. The maximum atomic E-state index is 12.6. The van der Waals surface area contributed by atoms with Crippen molar-refractivity contribution in [3.05, 3.63) is 107 Å². The van der Waals surface area contributed by atoms with Crippen molar-refractivity contribution in [2.24, 2.45) is 5.10 Å². The lowest BCUT2D eigenvalue weighted by molar-refractivity contribution is 0.0955. The van der Waals surface area contributed by atoms with Crippen LogP contribution in [0.5, 0.6) is 5.75 Å². The highest BCUT2D eigenvalue weighted by Gasteiger charge is 2.11. The molecule has 1 atom stereocenters. The number of nitrogens with zero attached hydrogens (tertiary/aromatic N) is 2. The number of halogens is 1. The van der Waals surface area contributed by atoms with E-state index in [1.54, 1.807) is 24.4 Å². The molecule has 35 heavy (non-hydrogen) atoms. The molecule has 1 aromatic heterocycles. The zero-order chi connectivity index (χ0) is 24.8. The number of amides is 1. The van der Waals surface area contributed by atoms with Crippen molar-refractivity contribution < 1.29 is 9.53 Å². The summed E-state index contributed by atoms with van der Waals surface area (Å²) in [7, 11) is 0. The van der Waals surface area contributed by atoms with Crippen molar-refractivity contribution in [1.82, 2.24) is 9.99 Å². The Morgan fingerprint density at radius 3 is 2.49 bits per heavy atom. The molecule has 0 spiro atoms. The van der Waals surface area contributed by atoms with Crippen LogP contribution in [-0.2, 0) is 0 Å². The van der Waals surface area contributed by atoms with Crippen molar-refractivity contribution in [3.8, 4) is 22.7 Å². The molecule has 0 aliphatic carbocycles. The standard InChI is InChI=1S/C29H28ClN3O2/c1-4-21(3)35-28-17-11-22(18-26(28)30)19-31-32-29(34)24-12-14-25(15-13-24)33-20(2)10-16-27(33)23-8-6-5-7-9-23/h5-19,21H,4H2,1-3H3,(H,32,34)/b31-19+/t21-/m1/s1. The Bertz CT molecular complexity index is 1330. The molecular formula is C29H28ClN3O2. The highest BCUT2D eigenvalue weighted by atomic mass is 35.5. The minimum atomic E-state index is -0.289. The van der Waals surface area contributed by atoms with Crippen LogP contribution < -0.4 is 10.2 Å². The van der Waals surface area contributed by atoms with Gasteiger partial charge >= 0.3 is 0 Å². The first-order chi connectivity index (χ1) is 17.0. The lowest BCUT2D eigenvalue weighted by Gasteiger charge is -2.13. The van der Waals surface area contributed by atoms with Gasteiger partial charge in [0.1, 0.15) is 5.75 Å². The molecule has 178 valence electrons. The predicted molar refractivity (Wildman–Crippen MR) is 143 cm³/mol. The zero-order valence-electron chi connectivity index (χ0n) is 20.0. The number of aryl methyl sites for hydroxylation is 1. The molecule has 0 unspecified atom stereocenters. The molecule has 6 heteroatoms. The van der Waals surface area contributed by atoms with E-state index in [1.165, 1.54) is 0 Å². The Balaban J connectivity index is 1.43. The lowest BCUT2D eigenvalue weighted by Crippen LogP contribution is -2.17. The van der Waals surface area contributed by atoms with Gasteiger partial charge in [-0.15, -0.1) is 0 Å². The molecule has 0 saturated heterocycles. The third-order valence-electron chi connectivity index (χ3n) is 5.77. The Morgan fingerprint density at radius 1 is 1.06 bits per heavy atom. The summed E-state index contributed by atoms with van der Waals surface area (Å²) in [4.78, 5) is 12.6. The van der Waals surface area contributed by atoms with E-state index < -0.39 is 0 Å². The lowest BCUT2D eigenvalue weighted by atomic mass is 10.1. The van der Waals surface area contributed by atoms with Crippen molar-refractivity contribution in [1.29, 1.82) is 0 Å². The molecule has 1 heterocycles. The number of aromatic nitrogens is 1. The van der Waals surface area contributed by atoms with E-state index in [0.717, 1.165) is 34.6 Å². The summed E-state index contributed by atoms with van der Waals surface area (Å²) in [6, 6.07) is 27.3. The molecule has 4 rings (SSSR count). The van der Waals surface area contributed by atoms with E-state index in [9.17, 15) is 4.79 Å². The molecule has 3 aromatic carbocycles. The van der Waals surface area contributed by atoms with E-state index in [2.05, 4.69) is 53.2 Å². The molecule has 0 aliphatic rings. The molecule has 4 aromatic rings. The molecule has 0 saturated carbocycles. The van der Waals surface area contributed by atoms with Crippen LogP contribution in [0.4, 0.5) is 0 Å². The average Bonchev–Trinajstić information content (AvgIpc) is 3.27. The van der Waals surface area contributed by atoms with Crippen LogP contribution in [-0.4, -0.2) is 22.8 Å². The van der Waals surface area contributed by atoms with Gasteiger partial charge in [0.2, 0.25) is 0 Å². The number of ether oxygens (including phenoxy) is 1. The number of benzene rings is 3. The first kappa shape index (κ1) is 24.3. The highest BCUT2D eigenvalue weighted by molar-refractivity contribution is 6.32. The first-order valence-corrected chi connectivity index (χ1v) is 12.0. The van der Waals surface area contributed by atoms with Gasteiger partial charge < -0.3 is 9.30 Å². The van der Waals surface area contributed by atoms with Gasteiger partial charge in [-0.3, -0.25) is 4.79 Å². The fourth-order valence-electron chi connectivity index (χ4n) is 3.70. The second-order valence-electron chi connectivity index (χ2n) is 8.33. The third kappa shape index (κ3) is 5.81. The molecule has 0 aliphatic heterocycles. The van der Waals surface area contributed by atoms with E-state index in [4.69, 9.17) is 16.3 Å². The smallest absolute Gasteiger partial charge is 0.271 e. The largest absolute Gasteiger partial charge is 0.489 e. The summed E-state index contributed by atoms with van der Waals surface area (Å²) in [5.41, 5.74) is 8.20. The fraction of sp³-hybridized carbons (Fsp3) is 0.172. The molecule has 1 amide bonds. The number of carbonyl (C=O) groups excluding carboxylic acids is 1. The minimum absolute atomic E-state index is 0.0871. The molecular weight excluding hydrogens is 458 g/mol. The summed E-state index contributed by atoms with van der Waals surface area (Å²) in [6.45, 7) is 6.12. The number of hydrogen-bond donors (Lipinski definition) is 1. The van der Waals surface area contributed by atoms with Gasteiger partial charge in [-0.05, 0) is 86.0 Å². The van der Waals surface area contributed by atoms with Crippen molar-refractivity contribution in [2.75, 3.05) is 0 Å². The SMILES string of the molecule is CC[C@@H](C)Oc1ccc(/C=N/NC(=O)c2ccc(-n3c(C)ccc3-c3ccccc3)cc2)cc1Cl. The van der Waals surface area contributed by atoms with Gasteiger partial charge in [0.05, 0.1) is 23.0 Å². The second-order valence-corrected chi connectivity index (χ2v) is 8.74. The average molecular weight is 486 g/mol. The quantitative estimate of drug-likeness (QED) is 0.215. The topological polar surface area (TPSA) is 55.6 Å². The van der Waals surface area contributed by atoms with Crippen molar-refractivity contribution >= 4 is 23.7 Å². The summed E-state index contributed by atoms with van der Waals surface area (Å²) in [5.74, 6) is 0.346. The van der Waals surface area contributed by atoms with Crippen LogP contribution in [0.15, 0.2) is 90.0 Å². The monoisotopic (exact) mass is 485 g/mol. The van der Waals surface area contributed by atoms with Gasteiger partial charge in [-0.2, -0.15) is 5.10 Å². The summed E-state index contributed by atoms with van der Waals surface area (Å²) >= 11 is 6.31. The second kappa shape index (κ2) is 11.1. The molecule has 1 N–H and O–H groups in total. The zero-order valence-corrected chi connectivity index (χ0v) is 20.8. The van der Waals surface area contributed by atoms with Gasteiger partial charge in [0.15, 0.2) is 0 Å². The Labute approximate surface area is 211 Å². The maximum Gasteiger partial charge on any atom is 0.271 e. The van der Waals surface area contributed by atoms with Gasteiger partial charge in [0.25, 0.3) is 5.91 Å². The van der Waals surface area contributed by atoms with Crippen LogP contribution in [0.25, 0.3) is 16.9 Å². The Hall–Kier alpha value is -3.83. The van der Waals surface area contributed by atoms with Crippen molar-refractivity contribution in [3.63, 3.8) is 0 Å². The molecule has 0 bridgehead atoms. The van der Waals surface area contributed by atoms with E-state index in [0.29, 0.717) is 16.3 Å². The predicted octanol–water partition coefficient (Wildman–Crippen LogP) is 7.05. The molecule has 0 radical (unpaired) electrons. The van der Waals surface area contributed by atoms with E-state index in [-0.39, 0.29) is 12.0 Å². The van der Waals surface area contributed by atoms with Crippen LogP contribution in [0, 0.1) is 6.92 Å². The number of nitrogens with one attached hydrogen (secondary N) is 1. The van der Waals surface area contributed by atoms with E-state index in [1.807, 2.05) is 49.4 Å². The fourth-order valence-corrected chi connectivity index (χ4v) is 3.93. The number of hydrogen-bond acceptors (Lipinski definition) is 3. The van der Waals surface area contributed by atoms with Gasteiger partial charge in [-0.1, -0.05) is 48.9 Å². The number of carbonyl (C=O) groups is 1. The molecule has 0 fully saturated rings. The van der Waals surface area contributed by atoms with Crippen LogP contribution >= 0.6 is 11.6 Å². The van der Waals surface area contributed by atoms with Gasteiger partial charge in [0, 0.05) is 16.9 Å². The van der Waals surface area contributed by atoms with Gasteiger partial charge in [-0.25, -0.2) is 5.43 Å². The number of rotatable bonds is 8. The van der Waals surface area contributed by atoms with Crippen LogP contribution in [0.1, 0.15) is 41.9 Å². The summed E-state index contributed by atoms with van der Waals surface area (Å²) < 4.78 is 7.95. The summed E-state index contributed by atoms with van der Waals surface area (Å²) in [6.07, 6.45) is 2.54. The highest BCUT2D eigenvalue weighted by Crippen LogP contribution is 2.27. The van der Waals surface area contributed by atoms with Crippen LogP contribution in [0.3, 0.4) is 0 Å². The first-order valence-electron chi connectivity index (χ1n) is 11.6. The Kier molecular flexibility index (Phi) is 7.68. The van der Waals surface area contributed by atoms with Crippen LogP contribution in [0.2, 0.25) is 5.02 Å². The van der Waals surface area contributed by atoms with E-state index >= 15 is 0 Å². The Morgan fingerprint density at radius 2 is 1.80 bits per heavy atom. The third-order valence-corrected chi connectivity index (χ3v) is 6.07. The maximum absolute atomic E-state index is 12.6. The molecule has 5 nitrogen and oxygen atoms in total. The summed E-state index contributed by atoms with van der Waals surface area (Å²) in [5, 5.41) is 4.58.